The Hall–Kier alpha value is -0.210. The van der Waals surface area contributed by atoms with Crippen molar-refractivity contribution in [3.63, 3.8) is 0 Å². The topological polar surface area (TPSA) is 3.24 Å². The predicted molar refractivity (Wildman–Crippen MR) is 72.2 cm³/mol. The highest BCUT2D eigenvalue weighted by Crippen LogP contribution is 2.27. The SMILES string of the molecule is CCC(C)N(C)c1cc(Cl)ccc1CBr. The van der Waals surface area contributed by atoms with E-state index in [1.807, 2.05) is 12.1 Å². The maximum absolute atomic E-state index is 6.02. The largest absolute Gasteiger partial charge is 0.372 e. The van der Waals surface area contributed by atoms with Crippen LogP contribution in [-0.4, -0.2) is 13.1 Å². The fraction of sp³-hybridized carbons (Fsp3) is 0.500. The number of rotatable bonds is 4. The van der Waals surface area contributed by atoms with Crippen LogP contribution in [0.2, 0.25) is 5.02 Å². The second-order valence-corrected chi connectivity index (χ2v) is 4.77. The molecular formula is C12H17BrClN. The molecule has 1 atom stereocenters. The molecule has 15 heavy (non-hydrogen) atoms. The van der Waals surface area contributed by atoms with Crippen molar-refractivity contribution in [3.05, 3.63) is 28.8 Å². The van der Waals surface area contributed by atoms with Crippen LogP contribution < -0.4 is 4.90 Å². The zero-order valence-electron chi connectivity index (χ0n) is 9.43. The van der Waals surface area contributed by atoms with Crippen molar-refractivity contribution < 1.29 is 0 Å². The van der Waals surface area contributed by atoms with Crippen LogP contribution in [0.4, 0.5) is 5.69 Å². The van der Waals surface area contributed by atoms with Crippen molar-refractivity contribution in [2.75, 3.05) is 11.9 Å². The van der Waals surface area contributed by atoms with E-state index in [9.17, 15) is 0 Å². The van der Waals surface area contributed by atoms with Crippen LogP contribution >= 0.6 is 27.5 Å². The molecule has 0 heterocycles. The van der Waals surface area contributed by atoms with Crippen molar-refractivity contribution in [3.8, 4) is 0 Å². The molecule has 0 aliphatic rings. The summed E-state index contributed by atoms with van der Waals surface area (Å²) in [6, 6.07) is 6.57. The summed E-state index contributed by atoms with van der Waals surface area (Å²) >= 11 is 9.53. The molecule has 0 saturated carbocycles. The van der Waals surface area contributed by atoms with Gasteiger partial charge in [0.05, 0.1) is 0 Å². The molecule has 1 aromatic carbocycles. The smallest absolute Gasteiger partial charge is 0.0426 e. The van der Waals surface area contributed by atoms with Crippen LogP contribution in [0, 0.1) is 0 Å². The third-order valence-corrected chi connectivity index (χ3v) is 3.66. The summed E-state index contributed by atoms with van der Waals surface area (Å²) in [7, 11) is 2.12. The van der Waals surface area contributed by atoms with E-state index in [0.29, 0.717) is 6.04 Å². The van der Waals surface area contributed by atoms with Crippen LogP contribution in [0.15, 0.2) is 18.2 Å². The highest BCUT2D eigenvalue weighted by Gasteiger charge is 2.11. The molecule has 0 N–H and O–H groups in total. The summed E-state index contributed by atoms with van der Waals surface area (Å²) in [5.74, 6) is 0. The zero-order chi connectivity index (χ0) is 11.4. The van der Waals surface area contributed by atoms with Crippen LogP contribution in [0.3, 0.4) is 0 Å². The summed E-state index contributed by atoms with van der Waals surface area (Å²) < 4.78 is 0. The fourth-order valence-corrected chi connectivity index (χ4v) is 2.13. The van der Waals surface area contributed by atoms with E-state index in [4.69, 9.17) is 11.6 Å². The van der Waals surface area contributed by atoms with Crippen LogP contribution in [-0.2, 0) is 5.33 Å². The number of halogens is 2. The predicted octanol–water partition coefficient (Wildman–Crippen LogP) is 4.47. The summed E-state index contributed by atoms with van der Waals surface area (Å²) in [6.45, 7) is 4.42. The van der Waals surface area contributed by atoms with Gasteiger partial charge in [-0.2, -0.15) is 0 Å². The number of hydrogen-bond acceptors (Lipinski definition) is 1. The minimum atomic E-state index is 0.529. The van der Waals surface area contributed by atoms with E-state index in [-0.39, 0.29) is 0 Å². The Kier molecular flexibility index (Phi) is 4.94. The summed E-state index contributed by atoms with van der Waals surface area (Å²) in [6.07, 6.45) is 1.13. The molecule has 1 aromatic rings. The first-order chi connectivity index (χ1) is 7.10. The standard InChI is InChI=1S/C12H17BrClN/c1-4-9(2)15(3)12-7-11(14)6-5-10(12)8-13/h5-7,9H,4,8H2,1-3H3. The van der Waals surface area contributed by atoms with Crippen molar-refractivity contribution in [2.24, 2.45) is 0 Å². The van der Waals surface area contributed by atoms with E-state index < -0.39 is 0 Å². The molecule has 0 radical (unpaired) electrons. The molecule has 0 aromatic heterocycles. The Bertz CT molecular complexity index is 327. The quantitative estimate of drug-likeness (QED) is 0.740. The first kappa shape index (κ1) is 12.9. The van der Waals surface area contributed by atoms with E-state index in [0.717, 1.165) is 16.8 Å². The molecule has 0 bridgehead atoms. The first-order valence-corrected chi connectivity index (χ1v) is 6.67. The van der Waals surface area contributed by atoms with Crippen molar-refractivity contribution in [1.29, 1.82) is 0 Å². The van der Waals surface area contributed by atoms with Crippen LogP contribution in [0.25, 0.3) is 0 Å². The summed E-state index contributed by atoms with van der Waals surface area (Å²) in [5.41, 5.74) is 2.50. The van der Waals surface area contributed by atoms with Gasteiger partial charge in [-0.15, -0.1) is 0 Å². The Morgan fingerprint density at radius 2 is 2.13 bits per heavy atom. The number of alkyl halides is 1. The van der Waals surface area contributed by atoms with Crippen molar-refractivity contribution in [1.82, 2.24) is 0 Å². The molecule has 0 spiro atoms. The number of benzene rings is 1. The van der Waals surface area contributed by atoms with Gasteiger partial charge in [0, 0.05) is 29.1 Å². The van der Waals surface area contributed by atoms with Gasteiger partial charge in [-0.25, -0.2) is 0 Å². The monoisotopic (exact) mass is 289 g/mol. The second-order valence-electron chi connectivity index (χ2n) is 3.77. The summed E-state index contributed by atoms with van der Waals surface area (Å²) in [4.78, 5) is 2.28. The zero-order valence-corrected chi connectivity index (χ0v) is 11.8. The van der Waals surface area contributed by atoms with E-state index in [1.54, 1.807) is 0 Å². The third kappa shape index (κ3) is 3.12. The lowest BCUT2D eigenvalue weighted by atomic mass is 10.1. The van der Waals surface area contributed by atoms with Gasteiger partial charge in [0.1, 0.15) is 0 Å². The van der Waals surface area contributed by atoms with Gasteiger partial charge in [0.25, 0.3) is 0 Å². The molecule has 0 aliphatic heterocycles. The average molecular weight is 291 g/mol. The molecule has 1 unspecified atom stereocenters. The van der Waals surface area contributed by atoms with E-state index in [1.165, 1.54) is 11.3 Å². The second kappa shape index (κ2) is 5.76. The molecule has 1 nitrogen and oxygen atoms in total. The molecular weight excluding hydrogens is 273 g/mol. The highest BCUT2D eigenvalue weighted by atomic mass is 79.9. The lowest BCUT2D eigenvalue weighted by molar-refractivity contribution is 0.662. The Balaban J connectivity index is 3.05. The molecule has 0 saturated heterocycles. The van der Waals surface area contributed by atoms with Gasteiger partial charge in [-0.3, -0.25) is 0 Å². The van der Waals surface area contributed by atoms with E-state index >= 15 is 0 Å². The van der Waals surface area contributed by atoms with Gasteiger partial charge in [0.2, 0.25) is 0 Å². The lowest BCUT2D eigenvalue weighted by Gasteiger charge is -2.28. The van der Waals surface area contributed by atoms with Crippen molar-refractivity contribution in [2.45, 2.75) is 31.6 Å². The molecule has 0 aliphatic carbocycles. The Morgan fingerprint density at radius 3 is 2.67 bits per heavy atom. The minimum Gasteiger partial charge on any atom is -0.372 e. The Labute approximate surface area is 106 Å². The van der Waals surface area contributed by atoms with Gasteiger partial charge >= 0.3 is 0 Å². The van der Waals surface area contributed by atoms with E-state index in [2.05, 4.69) is 47.8 Å². The van der Waals surface area contributed by atoms with Crippen molar-refractivity contribution >= 4 is 33.2 Å². The maximum Gasteiger partial charge on any atom is 0.0426 e. The van der Waals surface area contributed by atoms with Gasteiger partial charge in [0.15, 0.2) is 0 Å². The van der Waals surface area contributed by atoms with Crippen LogP contribution in [0.5, 0.6) is 0 Å². The fourth-order valence-electron chi connectivity index (χ4n) is 1.49. The maximum atomic E-state index is 6.02. The third-order valence-electron chi connectivity index (χ3n) is 2.82. The highest BCUT2D eigenvalue weighted by molar-refractivity contribution is 9.08. The van der Waals surface area contributed by atoms with Crippen LogP contribution in [0.1, 0.15) is 25.8 Å². The van der Waals surface area contributed by atoms with Gasteiger partial charge in [-0.05, 0) is 31.0 Å². The molecule has 1 rings (SSSR count). The number of anilines is 1. The molecule has 0 amide bonds. The first-order valence-electron chi connectivity index (χ1n) is 5.17. The normalized spacial score (nSPS) is 12.6. The molecule has 84 valence electrons. The lowest BCUT2D eigenvalue weighted by Crippen LogP contribution is -2.28. The number of nitrogens with zero attached hydrogens (tertiary/aromatic N) is 1. The van der Waals surface area contributed by atoms with Gasteiger partial charge < -0.3 is 4.90 Å². The average Bonchev–Trinajstić information content (AvgIpc) is 2.27. The van der Waals surface area contributed by atoms with Gasteiger partial charge in [-0.1, -0.05) is 40.5 Å². The Morgan fingerprint density at radius 1 is 1.47 bits per heavy atom. The summed E-state index contributed by atoms with van der Waals surface area (Å²) in [5, 5.41) is 1.66. The molecule has 0 fully saturated rings. The molecule has 3 heteroatoms. The number of hydrogen-bond donors (Lipinski definition) is 0. The minimum absolute atomic E-state index is 0.529.